The summed E-state index contributed by atoms with van der Waals surface area (Å²) in [7, 11) is 0. The van der Waals surface area contributed by atoms with Crippen molar-refractivity contribution in [2.45, 2.75) is 32.1 Å². The summed E-state index contributed by atoms with van der Waals surface area (Å²) < 4.78 is 0. The van der Waals surface area contributed by atoms with Crippen LogP contribution in [0.25, 0.3) is 0 Å². The van der Waals surface area contributed by atoms with E-state index in [2.05, 4.69) is 5.32 Å². The van der Waals surface area contributed by atoms with Crippen molar-refractivity contribution in [3.05, 3.63) is 39.4 Å². The molecule has 2 rings (SSSR count). The smallest absolute Gasteiger partial charge is 0.335 e. The number of rotatable bonds is 6. The van der Waals surface area contributed by atoms with Crippen LogP contribution in [0.3, 0.4) is 0 Å². The number of likely N-dealkylation sites (tertiary alicyclic amines) is 1. The molecule has 1 fully saturated rings. The molecule has 26 heavy (non-hydrogen) atoms. The lowest BCUT2D eigenvalue weighted by atomic mass is 10.1. The first-order chi connectivity index (χ1) is 12.4. The Morgan fingerprint density at radius 3 is 2.27 bits per heavy atom. The van der Waals surface area contributed by atoms with Gasteiger partial charge in [-0.25, -0.2) is 4.79 Å². The summed E-state index contributed by atoms with van der Waals surface area (Å²) >= 11 is 0. The summed E-state index contributed by atoms with van der Waals surface area (Å²) in [5, 5.41) is 22.4. The van der Waals surface area contributed by atoms with Crippen molar-refractivity contribution in [3.8, 4) is 0 Å². The molecular formula is C17H21N3O6. The zero-order chi connectivity index (χ0) is 19.1. The standard InChI is InChI=1S/C17H21N3O6/c21-15(19-7-3-1-2-4-8-19)5-6-18-16(22)12-9-13(17(23)24)11-14(10-12)20(25)26/h9-11H,1-8H2,(H,18,22)(H,23,24). The molecule has 0 aliphatic carbocycles. The van der Waals surface area contributed by atoms with Crippen LogP contribution in [0.15, 0.2) is 18.2 Å². The van der Waals surface area contributed by atoms with E-state index in [-0.39, 0.29) is 30.0 Å². The number of hydrogen-bond acceptors (Lipinski definition) is 5. The topological polar surface area (TPSA) is 130 Å². The minimum atomic E-state index is -1.36. The number of nitrogens with zero attached hydrogens (tertiary/aromatic N) is 2. The monoisotopic (exact) mass is 363 g/mol. The molecule has 0 saturated carbocycles. The van der Waals surface area contributed by atoms with Crippen LogP contribution in [0.4, 0.5) is 5.69 Å². The third-order valence-corrected chi connectivity index (χ3v) is 4.22. The zero-order valence-corrected chi connectivity index (χ0v) is 14.3. The first-order valence-corrected chi connectivity index (χ1v) is 8.47. The quantitative estimate of drug-likeness (QED) is 0.586. The van der Waals surface area contributed by atoms with E-state index in [4.69, 9.17) is 5.11 Å². The minimum absolute atomic E-state index is 0.0440. The first kappa shape index (κ1) is 19.4. The molecule has 1 aromatic rings. The Morgan fingerprint density at radius 2 is 1.69 bits per heavy atom. The van der Waals surface area contributed by atoms with Gasteiger partial charge in [0.25, 0.3) is 11.6 Å². The molecule has 1 aliphatic rings. The molecule has 1 saturated heterocycles. The summed E-state index contributed by atoms with van der Waals surface area (Å²) in [4.78, 5) is 47.3. The van der Waals surface area contributed by atoms with Crippen LogP contribution >= 0.6 is 0 Å². The Morgan fingerprint density at radius 1 is 1.08 bits per heavy atom. The Balaban J connectivity index is 1.95. The molecular weight excluding hydrogens is 342 g/mol. The number of carbonyl (C=O) groups is 3. The van der Waals surface area contributed by atoms with Crippen LogP contribution in [-0.2, 0) is 4.79 Å². The molecule has 0 atom stereocenters. The maximum Gasteiger partial charge on any atom is 0.335 e. The van der Waals surface area contributed by atoms with Gasteiger partial charge in [-0.2, -0.15) is 0 Å². The maximum atomic E-state index is 12.2. The number of benzene rings is 1. The SMILES string of the molecule is O=C(O)c1cc(C(=O)NCCC(=O)N2CCCCCC2)cc([N+](=O)[O-])c1. The first-order valence-electron chi connectivity index (χ1n) is 8.47. The van der Waals surface area contributed by atoms with Crippen LogP contribution < -0.4 is 5.32 Å². The van der Waals surface area contributed by atoms with E-state index >= 15 is 0 Å². The number of carbonyl (C=O) groups excluding carboxylic acids is 2. The van der Waals surface area contributed by atoms with Crippen LogP contribution in [0, 0.1) is 10.1 Å². The van der Waals surface area contributed by atoms with Crippen molar-refractivity contribution in [1.29, 1.82) is 0 Å². The van der Waals surface area contributed by atoms with E-state index in [0.717, 1.165) is 57.0 Å². The van der Waals surface area contributed by atoms with Crippen molar-refractivity contribution in [2.24, 2.45) is 0 Å². The van der Waals surface area contributed by atoms with Crippen LogP contribution in [-0.4, -0.2) is 52.3 Å². The number of amides is 2. The normalized spacial score (nSPS) is 14.4. The van der Waals surface area contributed by atoms with E-state index in [1.807, 2.05) is 0 Å². The van der Waals surface area contributed by atoms with Gasteiger partial charge in [0, 0.05) is 43.8 Å². The van der Waals surface area contributed by atoms with Crippen molar-refractivity contribution >= 4 is 23.5 Å². The number of carboxylic acid groups (broad SMARTS) is 1. The lowest BCUT2D eigenvalue weighted by Gasteiger charge is -2.20. The highest BCUT2D eigenvalue weighted by atomic mass is 16.6. The van der Waals surface area contributed by atoms with E-state index in [1.165, 1.54) is 0 Å². The van der Waals surface area contributed by atoms with Crippen molar-refractivity contribution < 1.29 is 24.4 Å². The molecule has 0 spiro atoms. The molecule has 0 bridgehead atoms. The Hall–Kier alpha value is -2.97. The van der Waals surface area contributed by atoms with Crippen molar-refractivity contribution in [3.63, 3.8) is 0 Å². The van der Waals surface area contributed by atoms with Gasteiger partial charge in [0.05, 0.1) is 10.5 Å². The lowest BCUT2D eigenvalue weighted by molar-refractivity contribution is -0.384. The molecule has 140 valence electrons. The van der Waals surface area contributed by atoms with Gasteiger partial charge in [-0.3, -0.25) is 19.7 Å². The molecule has 0 unspecified atom stereocenters. The summed E-state index contributed by atoms with van der Waals surface area (Å²) in [5.74, 6) is -2.06. The summed E-state index contributed by atoms with van der Waals surface area (Å²) in [5.41, 5.74) is -0.945. The van der Waals surface area contributed by atoms with Gasteiger partial charge in [-0.05, 0) is 18.9 Å². The number of carboxylic acids is 1. The molecule has 0 radical (unpaired) electrons. The number of nitro groups is 1. The average molecular weight is 363 g/mol. The minimum Gasteiger partial charge on any atom is -0.478 e. The van der Waals surface area contributed by atoms with E-state index in [1.54, 1.807) is 4.90 Å². The number of nitro benzene ring substituents is 1. The fourth-order valence-corrected chi connectivity index (χ4v) is 2.83. The molecule has 1 aliphatic heterocycles. The summed E-state index contributed by atoms with van der Waals surface area (Å²) in [6.07, 6.45) is 4.30. The molecule has 1 aromatic carbocycles. The zero-order valence-electron chi connectivity index (χ0n) is 14.3. The Bertz CT molecular complexity index is 678. The third kappa shape index (κ3) is 5.27. The third-order valence-electron chi connectivity index (χ3n) is 4.22. The van der Waals surface area contributed by atoms with E-state index < -0.39 is 22.5 Å². The highest BCUT2D eigenvalue weighted by molar-refractivity contribution is 5.98. The average Bonchev–Trinajstić information content (AvgIpc) is 2.90. The van der Waals surface area contributed by atoms with Crippen LogP contribution in [0.2, 0.25) is 0 Å². The van der Waals surface area contributed by atoms with E-state index in [0.29, 0.717) is 0 Å². The Kier molecular flexibility index (Phi) is 6.65. The molecule has 9 nitrogen and oxygen atoms in total. The second-order valence-electron chi connectivity index (χ2n) is 6.13. The van der Waals surface area contributed by atoms with Crippen molar-refractivity contribution in [1.82, 2.24) is 10.2 Å². The van der Waals surface area contributed by atoms with Gasteiger partial charge in [0.2, 0.25) is 5.91 Å². The molecule has 1 heterocycles. The molecule has 2 N–H and O–H groups in total. The van der Waals surface area contributed by atoms with Gasteiger partial charge in [-0.1, -0.05) is 12.8 Å². The van der Waals surface area contributed by atoms with Crippen molar-refractivity contribution in [2.75, 3.05) is 19.6 Å². The largest absolute Gasteiger partial charge is 0.478 e. The number of aromatic carboxylic acids is 1. The second kappa shape index (κ2) is 8.93. The lowest BCUT2D eigenvalue weighted by Crippen LogP contribution is -2.35. The second-order valence-corrected chi connectivity index (χ2v) is 6.13. The molecule has 9 heteroatoms. The predicted molar refractivity (Wildman–Crippen MR) is 92.1 cm³/mol. The van der Waals surface area contributed by atoms with Crippen LogP contribution in [0.1, 0.15) is 52.8 Å². The number of hydrogen-bond donors (Lipinski definition) is 2. The maximum absolute atomic E-state index is 12.2. The van der Waals surface area contributed by atoms with Crippen LogP contribution in [0.5, 0.6) is 0 Å². The molecule has 2 amide bonds. The highest BCUT2D eigenvalue weighted by Crippen LogP contribution is 2.17. The fourth-order valence-electron chi connectivity index (χ4n) is 2.83. The Labute approximate surface area is 150 Å². The van der Waals surface area contributed by atoms with Gasteiger partial charge in [0.1, 0.15) is 0 Å². The van der Waals surface area contributed by atoms with Gasteiger partial charge in [-0.15, -0.1) is 0 Å². The molecule has 0 aromatic heterocycles. The van der Waals surface area contributed by atoms with Gasteiger partial charge in [0.15, 0.2) is 0 Å². The fraction of sp³-hybridized carbons (Fsp3) is 0.471. The predicted octanol–water partition coefficient (Wildman–Crippen LogP) is 1.82. The summed E-state index contributed by atoms with van der Waals surface area (Å²) in [6, 6.07) is 2.97. The van der Waals surface area contributed by atoms with Gasteiger partial charge >= 0.3 is 5.97 Å². The van der Waals surface area contributed by atoms with E-state index in [9.17, 15) is 24.5 Å². The summed E-state index contributed by atoms with van der Waals surface area (Å²) in [6.45, 7) is 1.53. The number of nitrogens with one attached hydrogen (secondary N) is 1. The number of non-ortho nitro benzene ring substituents is 1. The van der Waals surface area contributed by atoms with Gasteiger partial charge < -0.3 is 15.3 Å². The highest BCUT2D eigenvalue weighted by Gasteiger charge is 2.19.